The Morgan fingerprint density at radius 3 is 2.37 bits per heavy atom. The second kappa shape index (κ2) is 5.51. The first-order valence-electron chi connectivity index (χ1n) is 4.86. The Balaban J connectivity index is 2.93. The quantitative estimate of drug-likeness (QED) is 0.783. The van der Waals surface area contributed by atoms with E-state index in [0.29, 0.717) is 6.07 Å². The van der Waals surface area contributed by atoms with Crippen molar-refractivity contribution in [3.05, 3.63) is 23.0 Å². The van der Waals surface area contributed by atoms with E-state index in [4.69, 9.17) is 11.6 Å². The molecule has 2 N–H and O–H groups in total. The molecule has 1 aromatic rings. The highest BCUT2D eigenvalue weighted by molar-refractivity contribution is 7.95. The molecular formula is C9H11ClFNO5S2. The highest BCUT2D eigenvalue weighted by Crippen LogP contribution is 2.30. The molecule has 0 radical (unpaired) electrons. The molecule has 0 aromatic heterocycles. The van der Waals surface area contributed by atoms with Crippen molar-refractivity contribution >= 4 is 37.1 Å². The van der Waals surface area contributed by atoms with Crippen LogP contribution in [-0.4, -0.2) is 39.7 Å². The van der Waals surface area contributed by atoms with Crippen LogP contribution in [0.15, 0.2) is 12.1 Å². The van der Waals surface area contributed by atoms with Crippen LogP contribution in [0, 0.1) is 5.82 Å². The van der Waals surface area contributed by atoms with Crippen molar-refractivity contribution in [1.29, 1.82) is 0 Å². The maximum absolute atomic E-state index is 12.9. The molecule has 1 rings (SSSR count). The van der Waals surface area contributed by atoms with E-state index in [-0.39, 0.29) is 10.7 Å². The van der Waals surface area contributed by atoms with Crippen molar-refractivity contribution in [1.82, 2.24) is 0 Å². The van der Waals surface area contributed by atoms with Crippen molar-refractivity contribution in [2.45, 2.75) is 0 Å². The van der Waals surface area contributed by atoms with E-state index in [1.54, 1.807) is 0 Å². The highest BCUT2D eigenvalue weighted by Gasteiger charge is 2.17. The third-order valence-corrected chi connectivity index (χ3v) is 4.79. The van der Waals surface area contributed by atoms with Crippen LogP contribution in [0.3, 0.4) is 0 Å². The highest BCUT2D eigenvalue weighted by atomic mass is 35.5. The number of hydrogen-bond acceptors (Lipinski definition) is 5. The number of hydrogen-bond donors (Lipinski definition) is 2. The number of sulfone groups is 1. The fourth-order valence-corrected chi connectivity index (χ4v) is 3.95. The Morgan fingerprint density at radius 2 is 1.84 bits per heavy atom. The number of halogens is 2. The van der Waals surface area contributed by atoms with Gasteiger partial charge in [0, 0.05) is 12.3 Å². The average molecular weight is 332 g/mol. The molecule has 1 aromatic carbocycles. The largest absolute Gasteiger partial charge is 0.506 e. The maximum Gasteiger partial charge on any atom is 0.233 e. The van der Waals surface area contributed by atoms with Crippen LogP contribution in [0.25, 0.3) is 0 Å². The summed E-state index contributed by atoms with van der Waals surface area (Å²) in [5.41, 5.74) is -0.320. The predicted octanol–water partition coefficient (Wildman–Crippen LogP) is 0.971. The SMILES string of the molecule is CS(=O)(=O)CCS(=O)(=O)Nc1cc(Cl)c(F)cc1O. The molecule has 0 saturated carbocycles. The lowest BCUT2D eigenvalue weighted by Crippen LogP contribution is -2.22. The van der Waals surface area contributed by atoms with Gasteiger partial charge in [-0.2, -0.15) is 0 Å². The van der Waals surface area contributed by atoms with Crippen LogP contribution in [-0.2, 0) is 19.9 Å². The van der Waals surface area contributed by atoms with Gasteiger partial charge in [-0.25, -0.2) is 21.2 Å². The third-order valence-electron chi connectivity index (χ3n) is 2.03. The maximum atomic E-state index is 12.9. The minimum Gasteiger partial charge on any atom is -0.506 e. The summed E-state index contributed by atoms with van der Waals surface area (Å²) < 4.78 is 59.8. The molecule has 19 heavy (non-hydrogen) atoms. The van der Waals surface area contributed by atoms with Crippen LogP contribution in [0.1, 0.15) is 0 Å². The van der Waals surface area contributed by atoms with Crippen molar-refractivity contribution < 1.29 is 26.3 Å². The molecule has 0 aliphatic heterocycles. The monoisotopic (exact) mass is 331 g/mol. The summed E-state index contributed by atoms with van der Waals surface area (Å²) in [6.45, 7) is 0. The minimum atomic E-state index is -3.99. The van der Waals surface area contributed by atoms with Crippen LogP contribution in [0.5, 0.6) is 5.75 Å². The predicted molar refractivity (Wildman–Crippen MR) is 70.2 cm³/mol. The first kappa shape index (κ1) is 16.0. The van der Waals surface area contributed by atoms with Gasteiger partial charge < -0.3 is 5.11 Å². The Kier molecular flexibility index (Phi) is 4.64. The van der Waals surface area contributed by atoms with E-state index in [1.807, 2.05) is 4.72 Å². The summed E-state index contributed by atoms with van der Waals surface area (Å²) in [6, 6.07) is 1.54. The van der Waals surface area contributed by atoms with Crippen molar-refractivity contribution in [2.24, 2.45) is 0 Å². The van der Waals surface area contributed by atoms with Gasteiger partial charge in [-0.15, -0.1) is 0 Å². The summed E-state index contributed by atoms with van der Waals surface area (Å²) in [5.74, 6) is -2.80. The van der Waals surface area contributed by atoms with Gasteiger partial charge in [0.25, 0.3) is 0 Å². The molecule has 0 fully saturated rings. The molecule has 0 bridgehead atoms. The minimum absolute atomic E-state index is 0.320. The van der Waals surface area contributed by atoms with Gasteiger partial charge in [0.2, 0.25) is 10.0 Å². The van der Waals surface area contributed by atoms with Crippen LogP contribution < -0.4 is 4.72 Å². The molecule has 0 heterocycles. The number of aromatic hydroxyl groups is 1. The first-order valence-corrected chi connectivity index (χ1v) is 8.95. The molecule has 0 aliphatic carbocycles. The number of phenolic OH excluding ortho intramolecular Hbond substituents is 1. The van der Waals surface area contributed by atoms with Crippen LogP contribution in [0.4, 0.5) is 10.1 Å². The van der Waals surface area contributed by atoms with E-state index < -0.39 is 42.9 Å². The lowest BCUT2D eigenvalue weighted by Gasteiger charge is -2.10. The van der Waals surface area contributed by atoms with Crippen molar-refractivity contribution in [3.8, 4) is 5.75 Å². The summed E-state index contributed by atoms with van der Waals surface area (Å²) in [7, 11) is -7.43. The van der Waals surface area contributed by atoms with Gasteiger partial charge in [0.15, 0.2) is 0 Å². The van der Waals surface area contributed by atoms with Gasteiger partial charge in [0.1, 0.15) is 21.4 Å². The average Bonchev–Trinajstić information content (AvgIpc) is 2.22. The number of sulfonamides is 1. The summed E-state index contributed by atoms with van der Waals surface area (Å²) in [5, 5.41) is 8.99. The first-order chi connectivity index (χ1) is 8.50. The molecule has 0 aliphatic rings. The molecule has 0 atom stereocenters. The lowest BCUT2D eigenvalue weighted by molar-refractivity contribution is 0.471. The molecule has 0 spiro atoms. The fourth-order valence-electron chi connectivity index (χ4n) is 1.10. The summed E-state index contributed by atoms with van der Waals surface area (Å²) in [4.78, 5) is 0. The number of nitrogens with one attached hydrogen (secondary N) is 1. The van der Waals surface area contributed by atoms with Crippen molar-refractivity contribution in [3.63, 3.8) is 0 Å². The molecule has 10 heteroatoms. The van der Waals surface area contributed by atoms with E-state index >= 15 is 0 Å². The fraction of sp³-hybridized carbons (Fsp3) is 0.333. The zero-order valence-corrected chi connectivity index (χ0v) is 12.1. The Hall–Kier alpha value is -1.06. The van der Waals surface area contributed by atoms with Crippen molar-refractivity contribution in [2.75, 3.05) is 22.5 Å². The topological polar surface area (TPSA) is 101 Å². The Morgan fingerprint density at radius 1 is 1.26 bits per heavy atom. The van der Waals surface area contributed by atoms with E-state index in [0.717, 1.165) is 12.3 Å². The number of benzene rings is 1. The van der Waals surface area contributed by atoms with Gasteiger partial charge in [-0.1, -0.05) is 11.6 Å². The summed E-state index contributed by atoms with van der Waals surface area (Å²) in [6.07, 6.45) is 0.898. The molecule has 0 unspecified atom stereocenters. The number of phenols is 1. The van der Waals surface area contributed by atoms with Gasteiger partial charge in [-0.3, -0.25) is 4.72 Å². The van der Waals surface area contributed by atoms with Gasteiger partial charge in [0.05, 0.1) is 22.2 Å². The molecule has 6 nitrogen and oxygen atoms in total. The molecule has 108 valence electrons. The third kappa shape index (κ3) is 5.21. The van der Waals surface area contributed by atoms with E-state index in [9.17, 15) is 26.3 Å². The Labute approximate surface area is 115 Å². The van der Waals surface area contributed by atoms with E-state index in [1.165, 1.54) is 0 Å². The lowest BCUT2D eigenvalue weighted by atomic mass is 10.3. The number of anilines is 1. The second-order valence-electron chi connectivity index (χ2n) is 3.83. The van der Waals surface area contributed by atoms with Crippen LogP contribution >= 0.6 is 11.6 Å². The Bertz CT molecular complexity index is 687. The standard InChI is InChI=1S/C9H11ClFNO5S2/c1-18(14,15)2-3-19(16,17)12-8-4-6(10)7(11)5-9(8)13/h4-5,12-13H,2-3H2,1H3. The second-order valence-corrected chi connectivity index (χ2v) is 8.34. The van der Waals surface area contributed by atoms with Gasteiger partial charge in [-0.05, 0) is 6.07 Å². The molecule has 0 saturated heterocycles. The number of rotatable bonds is 5. The summed E-state index contributed by atoms with van der Waals surface area (Å²) >= 11 is 5.45. The molecular weight excluding hydrogens is 321 g/mol. The van der Waals surface area contributed by atoms with Gasteiger partial charge >= 0.3 is 0 Å². The van der Waals surface area contributed by atoms with E-state index in [2.05, 4.69) is 0 Å². The zero-order chi connectivity index (χ0) is 14.8. The van der Waals surface area contributed by atoms with Crippen LogP contribution in [0.2, 0.25) is 5.02 Å². The normalized spacial score (nSPS) is 12.4. The molecule has 0 amide bonds. The smallest absolute Gasteiger partial charge is 0.233 e. The zero-order valence-electron chi connectivity index (χ0n) is 9.72.